The van der Waals surface area contributed by atoms with Crippen molar-refractivity contribution in [3.63, 3.8) is 0 Å². The lowest BCUT2D eigenvalue weighted by molar-refractivity contribution is 0.244. The highest BCUT2D eigenvalue weighted by molar-refractivity contribution is 5.14. The Bertz CT molecular complexity index is 350. The van der Waals surface area contributed by atoms with Crippen LogP contribution in [0.15, 0.2) is 30.3 Å². The zero-order chi connectivity index (χ0) is 13.5. The van der Waals surface area contributed by atoms with Gasteiger partial charge in [-0.15, -0.1) is 0 Å². The van der Waals surface area contributed by atoms with Gasteiger partial charge < -0.3 is 10.2 Å². The highest BCUT2D eigenvalue weighted by Crippen LogP contribution is 2.23. The van der Waals surface area contributed by atoms with Crippen LogP contribution >= 0.6 is 0 Å². The van der Waals surface area contributed by atoms with E-state index < -0.39 is 0 Å². The molecule has 0 bridgehead atoms. The van der Waals surface area contributed by atoms with Gasteiger partial charge in [-0.25, -0.2) is 0 Å². The molecule has 2 rings (SSSR count). The summed E-state index contributed by atoms with van der Waals surface area (Å²) in [6.07, 6.45) is 6.43. The summed E-state index contributed by atoms with van der Waals surface area (Å²) in [5.74, 6) is 0. The van der Waals surface area contributed by atoms with E-state index in [4.69, 9.17) is 0 Å². The zero-order valence-electron chi connectivity index (χ0n) is 12.4. The van der Waals surface area contributed by atoms with E-state index >= 15 is 0 Å². The fraction of sp³-hybridized carbons (Fsp3) is 0.647. The minimum atomic E-state index is 0.754. The molecule has 2 atom stereocenters. The van der Waals surface area contributed by atoms with E-state index in [-0.39, 0.29) is 0 Å². The number of hydrogen-bond acceptors (Lipinski definition) is 2. The van der Waals surface area contributed by atoms with Crippen molar-refractivity contribution in [2.75, 3.05) is 20.1 Å². The molecule has 1 N–H and O–H groups in total. The summed E-state index contributed by atoms with van der Waals surface area (Å²) in [7, 11) is 2.29. The number of benzene rings is 1. The fourth-order valence-electron chi connectivity index (χ4n) is 3.02. The first-order chi connectivity index (χ1) is 9.29. The average Bonchev–Trinajstić information content (AvgIpc) is 2.92. The minimum absolute atomic E-state index is 0.754. The minimum Gasteiger partial charge on any atom is -0.314 e. The number of nitrogens with one attached hydrogen (secondary N) is 1. The van der Waals surface area contributed by atoms with Crippen LogP contribution in [0.5, 0.6) is 0 Å². The number of likely N-dealkylation sites (N-methyl/N-ethyl adjacent to an activating group) is 1. The van der Waals surface area contributed by atoms with Gasteiger partial charge in [-0.2, -0.15) is 0 Å². The number of nitrogens with zero attached hydrogens (tertiary/aromatic N) is 1. The Morgan fingerprint density at radius 1 is 1.21 bits per heavy atom. The van der Waals surface area contributed by atoms with Crippen LogP contribution in [0.2, 0.25) is 0 Å². The third kappa shape index (κ3) is 4.63. The SMILES string of the molecule is CCCNC1CCC(N(C)CCc2ccccc2)C1. The van der Waals surface area contributed by atoms with Crippen LogP contribution in [0.4, 0.5) is 0 Å². The van der Waals surface area contributed by atoms with Crippen molar-refractivity contribution in [2.45, 2.75) is 51.1 Å². The molecular formula is C17H28N2. The molecule has 2 nitrogen and oxygen atoms in total. The normalized spacial score (nSPS) is 23.1. The van der Waals surface area contributed by atoms with Crippen LogP contribution < -0.4 is 5.32 Å². The summed E-state index contributed by atoms with van der Waals surface area (Å²) in [4.78, 5) is 2.56. The molecule has 0 aromatic heterocycles. The molecule has 0 amide bonds. The zero-order valence-corrected chi connectivity index (χ0v) is 12.4. The van der Waals surface area contributed by atoms with Gasteiger partial charge in [-0.1, -0.05) is 37.3 Å². The van der Waals surface area contributed by atoms with Crippen LogP contribution in [-0.2, 0) is 6.42 Å². The summed E-state index contributed by atoms with van der Waals surface area (Å²) >= 11 is 0. The Kier molecular flexibility index (Phi) is 5.87. The smallest absolute Gasteiger partial charge is 0.0108 e. The first kappa shape index (κ1) is 14.5. The van der Waals surface area contributed by atoms with Gasteiger partial charge >= 0.3 is 0 Å². The highest BCUT2D eigenvalue weighted by atomic mass is 15.1. The predicted octanol–water partition coefficient (Wildman–Crippen LogP) is 3.08. The fourth-order valence-corrected chi connectivity index (χ4v) is 3.02. The lowest BCUT2D eigenvalue weighted by atomic mass is 10.1. The molecule has 2 heteroatoms. The largest absolute Gasteiger partial charge is 0.314 e. The Morgan fingerprint density at radius 3 is 2.74 bits per heavy atom. The molecule has 1 aliphatic carbocycles. The first-order valence-electron chi connectivity index (χ1n) is 7.77. The molecule has 1 aromatic rings. The molecule has 0 heterocycles. The molecule has 1 saturated carbocycles. The van der Waals surface area contributed by atoms with Crippen molar-refractivity contribution in [3.8, 4) is 0 Å². The van der Waals surface area contributed by atoms with Crippen LogP contribution in [0.25, 0.3) is 0 Å². The molecular weight excluding hydrogens is 232 g/mol. The summed E-state index contributed by atoms with van der Waals surface area (Å²) in [5, 5.41) is 3.66. The molecule has 1 fully saturated rings. The van der Waals surface area contributed by atoms with Gasteiger partial charge in [0.2, 0.25) is 0 Å². The van der Waals surface area contributed by atoms with E-state index in [2.05, 4.69) is 54.5 Å². The van der Waals surface area contributed by atoms with Crippen LogP contribution in [0.3, 0.4) is 0 Å². The monoisotopic (exact) mass is 260 g/mol. The van der Waals surface area contributed by atoms with Gasteiger partial charge in [0, 0.05) is 18.6 Å². The van der Waals surface area contributed by atoms with Gasteiger partial charge in [-0.05, 0) is 51.3 Å². The first-order valence-corrected chi connectivity index (χ1v) is 7.77. The summed E-state index contributed by atoms with van der Waals surface area (Å²) < 4.78 is 0. The lowest BCUT2D eigenvalue weighted by Crippen LogP contribution is -2.34. The summed E-state index contributed by atoms with van der Waals surface area (Å²) in [6.45, 7) is 4.59. The van der Waals surface area contributed by atoms with Crippen molar-refractivity contribution >= 4 is 0 Å². The van der Waals surface area contributed by atoms with Crippen molar-refractivity contribution in [2.24, 2.45) is 0 Å². The van der Waals surface area contributed by atoms with Crippen molar-refractivity contribution < 1.29 is 0 Å². The van der Waals surface area contributed by atoms with Crippen molar-refractivity contribution in [1.29, 1.82) is 0 Å². The van der Waals surface area contributed by atoms with Gasteiger partial charge in [0.05, 0.1) is 0 Å². The topological polar surface area (TPSA) is 15.3 Å². The molecule has 1 aromatic carbocycles. The second-order valence-corrected chi connectivity index (χ2v) is 5.83. The predicted molar refractivity (Wildman–Crippen MR) is 82.5 cm³/mol. The third-order valence-corrected chi connectivity index (χ3v) is 4.31. The Balaban J connectivity index is 1.71. The highest BCUT2D eigenvalue weighted by Gasteiger charge is 2.26. The maximum absolute atomic E-state index is 3.66. The van der Waals surface area contributed by atoms with E-state index in [1.54, 1.807) is 0 Å². The number of hydrogen-bond donors (Lipinski definition) is 1. The molecule has 2 unspecified atom stereocenters. The van der Waals surface area contributed by atoms with Gasteiger partial charge in [0.15, 0.2) is 0 Å². The molecule has 1 aliphatic rings. The van der Waals surface area contributed by atoms with Gasteiger partial charge in [0.1, 0.15) is 0 Å². The summed E-state index contributed by atoms with van der Waals surface area (Å²) in [6, 6.07) is 12.4. The number of rotatable bonds is 7. The lowest BCUT2D eigenvalue weighted by Gasteiger charge is -2.24. The van der Waals surface area contributed by atoms with E-state index in [1.807, 2.05) is 0 Å². The molecule has 0 spiro atoms. The van der Waals surface area contributed by atoms with Crippen LogP contribution in [0.1, 0.15) is 38.2 Å². The van der Waals surface area contributed by atoms with Crippen LogP contribution in [0, 0.1) is 0 Å². The van der Waals surface area contributed by atoms with Crippen molar-refractivity contribution in [1.82, 2.24) is 10.2 Å². The Hall–Kier alpha value is -0.860. The Labute approximate surface area is 118 Å². The third-order valence-electron chi connectivity index (χ3n) is 4.31. The molecule has 0 saturated heterocycles. The van der Waals surface area contributed by atoms with E-state index in [9.17, 15) is 0 Å². The molecule has 106 valence electrons. The quantitative estimate of drug-likeness (QED) is 0.810. The van der Waals surface area contributed by atoms with E-state index in [0.29, 0.717) is 0 Å². The molecule has 19 heavy (non-hydrogen) atoms. The van der Waals surface area contributed by atoms with E-state index in [0.717, 1.165) is 12.1 Å². The van der Waals surface area contributed by atoms with Gasteiger partial charge in [0.25, 0.3) is 0 Å². The molecule has 0 radical (unpaired) electrons. The van der Waals surface area contributed by atoms with Crippen molar-refractivity contribution in [3.05, 3.63) is 35.9 Å². The van der Waals surface area contributed by atoms with Gasteiger partial charge in [-0.3, -0.25) is 0 Å². The summed E-state index contributed by atoms with van der Waals surface area (Å²) in [5.41, 5.74) is 1.45. The van der Waals surface area contributed by atoms with Crippen LogP contribution in [-0.4, -0.2) is 37.1 Å². The maximum Gasteiger partial charge on any atom is 0.0108 e. The maximum atomic E-state index is 3.66. The second-order valence-electron chi connectivity index (χ2n) is 5.83. The Morgan fingerprint density at radius 2 is 2.00 bits per heavy atom. The standard InChI is InChI=1S/C17H28N2/c1-3-12-18-16-9-10-17(14-16)19(2)13-11-15-7-5-4-6-8-15/h4-8,16-18H,3,9-14H2,1-2H3. The average molecular weight is 260 g/mol. The molecule has 0 aliphatic heterocycles. The van der Waals surface area contributed by atoms with E-state index in [1.165, 1.54) is 50.8 Å². The second kappa shape index (κ2) is 7.66.